The third-order valence-electron chi connectivity index (χ3n) is 1.46. The lowest BCUT2D eigenvalue weighted by Crippen LogP contribution is -2.27. The average Bonchev–Trinajstić information content (AvgIpc) is 2.20. The molecule has 0 bridgehead atoms. The van der Waals surface area contributed by atoms with Crippen LogP contribution in [0.5, 0.6) is 5.75 Å². The largest absolute Gasteiger partial charge is 0.412 e. The molecule has 4 heteroatoms. The van der Waals surface area contributed by atoms with Gasteiger partial charge in [0.25, 0.3) is 0 Å². The van der Waals surface area contributed by atoms with E-state index >= 15 is 0 Å². The molecule has 0 heterocycles. The van der Waals surface area contributed by atoms with Crippen LogP contribution in [0.2, 0.25) is 0 Å². The molecule has 0 fully saturated rings. The number of nitriles is 1. The summed E-state index contributed by atoms with van der Waals surface area (Å²) < 4.78 is 4.90. The van der Waals surface area contributed by atoms with Crippen molar-refractivity contribution in [2.24, 2.45) is 0 Å². The maximum atomic E-state index is 11.0. The zero-order valence-electron chi connectivity index (χ0n) is 7.56. The number of amides is 1. The summed E-state index contributed by atoms with van der Waals surface area (Å²) in [5.41, 5.74) is 0. The number of para-hydroxylation sites is 1. The molecule has 0 aliphatic rings. The van der Waals surface area contributed by atoms with E-state index in [-0.39, 0.29) is 6.42 Å². The second-order valence-electron chi connectivity index (χ2n) is 2.54. The zero-order chi connectivity index (χ0) is 10.2. The summed E-state index contributed by atoms with van der Waals surface area (Å²) in [5, 5.41) is 10.7. The fraction of sp³-hybridized carbons (Fsp3) is 0.200. The highest BCUT2D eigenvalue weighted by molar-refractivity contribution is 5.70. The molecule has 1 amide bonds. The van der Waals surface area contributed by atoms with Gasteiger partial charge in [-0.05, 0) is 12.1 Å². The molecule has 0 saturated carbocycles. The molecule has 0 saturated heterocycles. The quantitative estimate of drug-likeness (QED) is 0.737. The number of nitrogens with zero attached hydrogens (tertiary/aromatic N) is 1. The molecule has 0 spiro atoms. The van der Waals surface area contributed by atoms with E-state index in [9.17, 15) is 4.79 Å². The van der Waals surface area contributed by atoms with E-state index in [1.165, 1.54) is 0 Å². The first-order valence-electron chi connectivity index (χ1n) is 4.20. The summed E-state index contributed by atoms with van der Waals surface area (Å²) in [6, 6.07) is 10.7. The van der Waals surface area contributed by atoms with Gasteiger partial charge in [-0.25, -0.2) is 4.79 Å². The van der Waals surface area contributed by atoms with Crippen LogP contribution in [0.4, 0.5) is 4.79 Å². The van der Waals surface area contributed by atoms with Gasteiger partial charge in [-0.3, -0.25) is 0 Å². The monoisotopic (exact) mass is 190 g/mol. The number of carbonyl (C=O) groups is 1. The highest BCUT2D eigenvalue weighted by Gasteiger charge is 2.01. The van der Waals surface area contributed by atoms with Crippen LogP contribution in [0.15, 0.2) is 30.3 Å². The highest BCUT2D eigenvalue weighted by Crippen LogP contribution is 2.07. The number of nitrogens with one attached hydrogen (secondary N) is 1. The Morgan fingerprint density at radius 1 is 1.43 bits per heavy atom. The van der Waals surface area contributed by atoms with Crippen molar-refractivity contribution < 1.29 is 9.53 Å². The summed E-state index contributed by atoms with van der Waals surface area (Å²) in [6.07, 6.45) is -0.254. The molecule has 14 heavy (non-hydrogen) atoms. The Labute approximate surface area is 82.1 Å². The van der Waals surface area contributed by atoms with Gasteiger partial charge in [0.1, 0.15) is 5.75 Å². The minimum Gasteiger partial charge on any atom is -0.410 e. The summed E-state index contributed by atoms with van der Waals surface area (Å²) in [7, 11) is 0. The van der Waals surface area contributed by atoms with Crippen molar-refractivity contribution in [3.05, 3.63) is 30.3 Å². The van der Waals surface area contributed by atoms with Crippen molar-refractivity contribution in [3.63, 3.8) is 0 Å². The third-order valence-corrected chi connectivity index (χ3v) is 1.46. The number of hydrogen-bond acceptors (Lipinski definition) is 3. The second kappa shape index (κ2) is 5.60. The van der Waals surface area contributed by atoms with Gasteiger partial charge in [0, 0.05) is 6.54 Å². The van der Waals surface area contributed by atoms with Gasteiger partial charge in [0.2, 0.25) is 0 Å². The van der Waals surface area contributed by atoms with E-state index in [2.05, 4.69) is 5.32 Å². The maximum absolute atomic E-state index is 11.0. The summed E-state index contributed by atoms with van der Waals surface area (Å²) in [5.74, 6) is 0.488. The zero-order valence-corrected chi connectivity index (χ0v) is 7.56. The molecule has 0 atom stereocenters. The molecule has 0 radical (unpaired) electrons. The van der Waals surface area contributed by atoms with Crippen LogP contribution in [0.3, 0.4) is 0 Å². The first-order chi connectivity index (χ1) is 6.83. The fourth-order valence-corrected chi connectivity index (χ4v) is 0.852. The standard InChI is InChI=1S/C10H10N2O2/c11-7-4-8-12-10(13)14-9-5-2-1-3-6-9/h1-3,5-6H,4,8H2,(H,12,13). The van der Waals surface area contributed by atoms with Gasteiger partial charge in [-0.1, -0.05) is 18.2 Å². The third kappa shape index (κ3) is 3.59. The van der Waals surface area contributed by atoms with Gasteiger partial charge < -0.3 is 10.1 Å². The lowest BCUT2D eigenvalue weighted by molar-refractivity contribution is 0.201. The van der Waals surface area contributed by atoms with Crippen LogP contribution >= 0.6 is 0 Å². The number of hydrogen-bond donors (Lipinski definition) is 1. The normalized spacial score (nSPS) is 8.79. The number of carbonyl (C=O) groups excluding carboxylic acids is 1. The molecule has 0 unspecified atom stereocenters. The van der Waals surface area contributed by atoms with Crippen LogP contribution in [-0.2, 0) is 0 Å². The average molecular weight is 190 g/mol. The van der Waals surface area contributed by atoms with E-state index in [0.29, 0.717) is 12.3 Å². The highest BCUT2D eigenvalue weighted by atomic mass is 16.5. The molecule has 0 aliphatic carbocycles. The van der Waals surface area contributed by atoms with Crippen LogP contribution < -0.4 is 10.1 Å². The first-order valence-corrected chi connectivity index (χ1v) is 4.20. The van der Waals surface area contributed by atoms with Crippen LogP contribution in [0.25, 0.3) is 0 Å². The lowest BCUT2D eigenvalue weighted by Gasteiger charge is -2.03. The summed E-state index contributed by atoms with van der Waals surface area (Å²) in [4.78, 5) is 11.0. The van der Waals surface area contributed by atoms with Crippen LogP contribution in [0, 0.1) is 11.3 Å². The molecular formula is C10H10N2O2. The smallest absolute Gasteiger partial charge is 0.410 e. The SMILES string of the molecule is N#CCCNC(=O)Oc1ccccc1. The van der Waals surface area contributed by atoms with Crippen molar-refractivity contribution in [2.75, 3.05) is 6.54 Å². The molecule has 4 nitrogen and oxygen atoms in total. The summed E-state index contributed by atoms with van der Waals surface area (Å²) >= 11 is 0. The number of benzene rings is 1. The van der Waals surface area contributed by atoms with Gasteiger partial charge in [0.05, 0.1) is 12.5 Å². The van der Waals surface area contributed by atoms with Gasteiger partial charge >= 0.3 is 6.09 Å². The van der Waals surface area contributed by atoms with Crippen molar-refractivity contribution in [2.45, 2.75) is 6.42 Å². The second-order valence-corrected chi connectivity index (χ2v) is 2.54. The van der Waals surface area contributed by atoms with Gasteiger partial charge in [-0.2, -0.15) is 5.26 Å². The summed E-state index contributed by atoms with van der Waals surface area (Å²) in [6.45, 7) is 0.308. The molecule has 1 aromatic rings. The topological polar surface area (TPSA) is 62.1 Å². The Hall–Kier alpha value is -2.02. The van der Waals surface area contributed by atoms with Crippen molar-refractivity contribution >= 4 is 6.09 Å². The predicted octanol–water partition coefficient (Wildman–Crippen LogP) is 1.69. The molecule has 1 N–H and O–H groups in total. The van der Waals surface area contributed by atoms with Crippen LogP contribution in [0.1, 0.15) is 6.42 Å². The molecule has 1 aromatic carbocycles. The lowest BCUT2D eigenvalue weighted by atomic mass is 10.3. The van der Waals surface area contributed by atoms with Crippen molar-refractivity contribution in [1.29, 1.82) is 5.26 Å². The van der Waals surface area contributed by atoms with E-state index in [0.717, 1.165) is 0 Å². The Bertz CT molecular complexity index is 330. The molecule has 1 rings (SSSR count). The first kappa shape index (κ1) is 10.1. The maximum Gasteiger partial charge on any atom is 0.412 e. The van der Waals surface area contributed by atoms with Gasteiger partial charge in [0.15, 0.2) is 0 Å². The number of rotatable bonds is 3. The van der Waals surface area contributed by atoms with E-state index in [1.807, 2.05) is 12.1 Å². The Kier molecular flexibility index (Phi) is 4.02. The minimum atomic E-state index is -0.536. The van der Waals surface area contributed by atoms with Crippen LogP contribution in [-0.4, -0.2) is 12.6 Å². The van der Waals surface area contributed by atoms with E-state index < -0.39 is 6.09 Å². The van der Waals surface area contributed by atoms with E-state index in [4.69, 9.17) is 10.00 Å². The van der Waals surface area contributed by atoms with E-state index in [1.54, 1.807) is 24.3 Å². The minimum absolute atomic E-state index is 0.282. The molecule has 0 aromatic heterocycles. The number of ether oxygens (including phenoxy) is 1. The van der Waals surface area contributed by atoms with Crippen molar-refractivity contribution in [1.82, 2.24) is 5.32 Å². The molecule has 0 aliphatic heterocycles. The predicted molar refractivity (Wildman–Crippen MR) is 50.7 cm³/mol. The molecular weight excluding hydrogens is 180 g/mol. The Morgan fingerprint density at radius 3 is 2.79 bits per heavy atom. The van der Waals surface area contributed by atoms with Crippen molar-refractivity contribution in [3.8, 4) is 11.8 Å². The Balaban J connectivity index is 2.32. The fourth-order valence-electron chi connectivity index (χ4n) is 0.852. The molecule has 72 valence electrons. The van der Waals surface area contributed by atoms with Gasteiger partial charge in [-0.15, -0.1) is 0 Å². The Morgan fingerprint density at radius 2 is 2.14 bits per heavy atom.